The molecule has 0 aliphatic rings. The van der Waals surface area contributed by atoms with Crippen LogP contribution in [0.3, 0.4) is 0 Å². The van der Waals surface area contributed by atoms with Crippen LogP contribution in [0.1, 0.15) is 5.56 Å². The number of nitrogens with one attached hydrogen (secondary N) is 1. The third-order valence-corrected chi connectivity index (χ3v) is 2.26. The molecule has 1 N–H and O–H groups in total. The van der Waals surface area contributed by atoms with Crippen LogP contribution < -0.4 is 5.43 Å². The van der Waals surface area contributed by atoms with Crippen LogP contribution in [0.2, 0.25) is 0 Å². The summed E-state index contributed by atoms with van der Waals surface area (Å²) >= 11 is 0. The number of benzene rings is 2. The topological polar surface area (TPSA) is 67.5 Å². The first-order valence-electron chi connectivity index (χ1n) is 5.34. The molecule has 0 amide bonds. The fourth-order valence-electron chi connectivity index (χ4n) is 1.41. The number of anilines is 1. The molecule has 0 spiro atoms. The van der Waals surface area contributed by atoms with Crippen molar-refractivity contribution in [2.45, 2.75) is 0 Å². The minimum atomic E-state index is -0.438. The van der Waals surface area contributed by atoms with Gasteiger partial charge in [-0.1, -0.05) is 36.4 Å². The van der Waals surface area contributed by atoms with Crippen molar-refractivity contribution < 1.29 is 4.92 Å². The molecule has 2 rings (SSSR count). The van der Waals surface area contributed by atoms with E-state index in [-0.39, 0.29) is 5.69 Å². The van der Waals surface area contributed by atoms with Gasteiger partial charge in [0.25, 0.3) is 5.69 Å². The summed E-state index contributed by atoms with van der Waals surface area (Å²) in [4.78, 5) is 10.1. The fraction of sp³-hybridized carbons (Fsp3) is 0. The van der Waals surface area contributed by atoms with Crippen molar-refractivity contribution in [2.24, 2.45) is 5.10 Å². The molecule has 0 aromatic heterocycles. The average Bonchev–Trinajstić information content (AvgIpc) is 2.40. The average molecular weight is 241 g/mol. The molecule has 0 saturated carbocycles. The summed E-state index contributed by atoms with van der Waals surface area (Å²) in [6.07, 6.45) is 1.65. The first kappa shape index (κ1) is 11.8. The Labute approximate surface area is 104 Å². The number of non-ortho nitro benzene ring substituents is 1. The number of nitro groups is 1. The van der Waals surface area contributed by atoms with E-state index < -0.39 is 4.92 Å². The Morgan fingerprint density at radius 1 is 1.11 bits per heavy atom. The zero-order valence-electron chi connectivity index (χ0n) is 9.48. The quantitative estimate of drug-likeness (QED) is 0.508. The van der Waals surface area contributed by atoms with Crippen LogP contribution in [0, 0.1) is 10.1 Å². The zero-order valence-corrected chi connectivity index (χ0v) is 9.48. The second-order valence-electron chi connectivity index (χ2n) is 3.59. The normalized spacial score (nSPS) is 10.4. The monoisotopic (exact) mass is 241 g/mol. The molecule has 18 heavy (non-hydrogen) atoms. The predicted molar refractivity (Wildman–Crippen MR) is 70.8 cm³/mol. The first-order valence-corrected chi connectivity index (χ1v) is 5.34. The van der Waals surface area contributed by atoms with Crippen molar-refractivity contribution in [1.82, 2.24) is 0 Å². The number of nitro benzene ring substituents is 1. The van der Waals surface area contributed by atoms with Crippen LogP contribution in [0.25, 0.3) is 0 Å². The van der Waals surface area contributed by atoms with Crippen LogP contribution in [-0.2, 0) is 0 Å². The molecule has 0 aliphatic carbocycles. The molecule has 5 heteroatoms. The molecule has 0 heterocycles. The molecule has 2 aromatic rings. The SMILES string of the molecule is O=[N+]([O-])c1cccc(N/N=C\c2ccccc2)c1. The number of hydrogen-bond donors (Lipinski definition) is 1. The van der Waals surface area contributed by atoms with Gasteiger partial charge < -0.3 is 0 Å². The highest BCUT2D eigenvalue weighted by Crippen LogP contribution is 2.16. The molecule has 0 saturated heterocycles. The highest BCUT2D eigenvalue weighted by atomic mass is 16.6. The standard InChI is InChI=1S/C13H11N3O2/c17-16(18)13-8-4-7-12(9-13)15-14-10-11-5-2-1-3-6-11/h1-10,15H/b14-10-. The Balaban J connectivity index is 2.04. The smallest absolute Gasteiger partial charge is 0.271 e. The third-order valence-electron chi connectivity index (χ3n) is 2.26. The van der Waals surface area contributed by atoms with E-state index in [9.17, 15) is 10.1 Å². The van der Waals surface area contributed by atoms with Crippen molar-refractivity contribution in [3.8, 4) is 0 Å². The van der Waals surface area contributed by atoms with Gasteiger partial charge in [0.15, 0.2) is 0 Å². The first-order chi connectivity index (χ1) is 8.75. The fourth-order valence-corrected chi connectivity index (χ4v) is 1.41. The summed E-state index contributed by atoms with van der Waals surface area (Å²) in [5.74, 6) is 0. The Hall–Kier alpha value is -2.69. The predicted octanol–water partition coefficient (Wildman–Crippen LogP) is 3.04. The molecule has 0 aliphatic heterocycles. The highest BCUT2D eigenvalue weighted by molar-refractivity contribution is 5.80. The van der Waals surface area contributed by atoms with E-state index >= 15 is 0 Å². The molecule has 0 bridgehead atoms. The number of nitrogens with zero attached hydrogens (tertiary/aromatic N) is 2. The van der Waals surface area contributed by atoms with Crippen LogP contribution >= 0.6 is 0 Å². The van der Waals surface area contributed by atoms with E-state index in [1.165, 1.54) is 12.1 Å². The molecular formula is C13H11N3O2. The van der Waals surface area contributed by atoms with Crippen molar-refractivity contribution in [3.63, 3.8) is 0 Å². The molecule has 2 aromatic carbocycles. The second kappa shape index (κ2) is 5.58. The van der Waals surface area contributed by atoms with Gasteiger partial charge in [-0.25, -0.2) is 0 Å². The van der Waals surface area contributed by atoms with Gasteiger partial charge in [-0.3, -0.25) is 15.5 Å². The lowest BCUT2D eigenvalue weighted by atomic mass is 10.2. The maximum atomic E-state index is 10.6. The van der Waals surface area contributed by atoms with Gasteiger partial charge in [0.05, 0.1) is 16.8 Å². The Kier molecular flexibility index (Phi) is 3.66. The molecule has 0 fully saturated rings. The van der Waals surface area contributed by atoms with Gasteiger partial charge in [-0.2, -0.15) is 5.10 Å². The van der Waals surface area contributed by atoms with Gasteiger partial charge >= 0.3 is 0 Å². The lowest BCUT2D eigenvalue weighted by molar-refractivity contribution is -0.384. The van der Waals surface area contributed by atoms with E-state index in [1.54, 1.807) is 18.3 Å². The van der Waals surface area contributed by atoms with Gasteiger partial charge in [-0.15, -0.1) is 0 Å². The number of hydrazone groups is 1. The van der Waals surface area contributed by atoms with Crippen molar-refractivity contribution in [1.29, 1.82) is 0 Å². The van der Waals surface area contributed by atoms with Crippen molar-refractivity contribution in [3.05, 3.63) is 70.3 Å². The molecule has 0 radical (unpaired) electrons. The Morgan fingerprint density at radius 2 is 1.89 bits per heavy atom. The summed E-state index contributed by atoms with van der Waals surface area (Å²) in [6, 6.07) is 15.8. The lowest BCUT2D eigenvalue weighted by Gasteiger charge is -1.99. The van der Waals surface area contributed by atoms with E-state index in [0.29, 0.717) is 5.69 Å². The van der Waals surface area contributed by atoms with Gasteiger partial charge in [0, 0.05) is 12.1 Å². The van der Waals surface area contributed by atoms with Crippen LogP contribution in [0.15, 0.2) is 59.7 Å². The van der Waals surface area contributed by atoms with Gasteiger partial charge in [-0.05, 0) is 11.6 Å². The third kappa shape index (κ3) is 3.15. The van der Waals surface area contributed by atoms with E-state index in [4.69, 9.17) is 0 Å². The summed E-state index contributed by atoms with van der Waals surface area (Å²) in [6.45, 7) is 0. The molecule has 90 valence electrons. The van der Waals surface area contributed by atoms with E-state index in [2.05, 4.69) is 10.5 Å². The molecule has 0 atom stereocenters. The summed E-state index contributed by atoms with van der Waals surface area (Å²) < 4.78 is 0. The summed E-state index contributed by atoms with van der Waals surface area (Å²) in [7, 11) is 0. The molecule has 0 unspecified atom stereocenters. The summed E-state index contributed by atoms with van der Waals surface area (Å²) in [5, 5.41) is 14.6. The number of hydrogen-bond acceptors (Lipinski definition) is 4. The Bertz CT molecular complexity index is 567. The van der Waals surface area contributed by atoms with Gasteiger partial charge in [0.2, 0.25) is 0 Å². The highest BCUT2D eigenvalue weighted by Gasteiger charge is 2.04. The van der Waals surface area contributed by atoms with E-state index in [0.717, 1.165) is 5.56 Å². The zero-order chi connectivity index (χ0) is 12.8. The summed E-state index contributed by atoms with van der Waals surface area (Å²) in [5.41, 5.74) is 4.32. The van der Waals surface area contributed by atoms with Crippen molar-refractivity contribution >= 4 is 17.6 Å². The van der Waals surface area contributed by atoms with Crippen LogP contribution in [0.5, 0.6) is 0 Å². The lowest BCUT2D eigenvalue weighted by Crippen LogP contribution is -1.92. The minimum absolute atomic E-state index is 0.0370. The van der Waals surface area contributed by atoms with E-state index in [1.807, 2.05) is 30.3 Å². The van der Waals surface area contributed by atoms with Crippen LogP contribution in [-0.4, -0.2) is 11.1 Å². The maximum Gasteiger partial charge on any atom is 0.271 e. The molecular weight excluding hydrogens is 230 g/mol. The second-order valence-corrected chi connectivity index (χ2v) is 3.59. The molecule has 5 nitrogen and oxygen atoms in total. The van der Waals surface area contributed by atoms with Crippen LogP contribution in [0.4, 0.5) is 11.4 Å². The van der Waals surface area contributed by atoms with Gasteiger partial charge in [0.1, 0.15) is 0 Å². The number of rotatable bonds is 4. The largest absolute Gasteiger partial charge is 0.278 e. The Morgan fingerprint density at radius 3 is 2.61 bits per heavy atom. The minimum Gasteiger partial charge on any atom is -0.278 e. The maximum absolute atomic E-state index is 10.6. The van der Waals surface area contributed by atoms with Crippen molar-refractivity contribution in [2.75, 3.05) is 5.43 Å².